The van der Waals surface area contributed by atoms with E-state index in [9.17, 15) is 18.0 Å². The van der Waals surface area contributed by atoms with Gasteiger partial charge in [0.15, 0.2) is 0 Å². The first-order chi connectivity index (χ1) is 15.2. The van der Waals surface area contributed by atoms with Crippen molar-refractivity contribution in [1.29, 1.82) is 0 Å². The van der Waals surface area contributed by atoms with E-state index in [1.54, 1.807) is 62.6 Å². The van der Waals surface area contributed by atoms with Gasteiger partial charge in [-0.25, -0.2) is 8.42 Å². The molecule has 0 spiro atoms. The van der Waals surface area contributed by atoms with Gasteiger partial charge in [0.2, 0.25) is 15.9 Å². The average molecular weight is 482 g/mol. The summed E-state index contributed by atoms with van der Waals surface area (Å²) >= 11 is 5.92. The van der Waals surface area contributed by atoms with Gasteiger partial charge >= 0.3 is 0 Å². The molecule has 32 heavy (non-hydrogen) atoms. The molecular weight excluding hydrogens is 454 g/mol. The van der Waals surface area contributed by atoms with E-state index in [-0.39, 0.29) is 17.9 Å². The van der Waals surface area contributed by atoms with Crippen LogP contribution in [0.4, 0.5) is 11.4 Å². The molecular formula is C22H28ClN3O5S. The molecule has 0 bridgehead atoms. The second-order valence-electron chi connectivity index (χ2n) is 7.10. The molecule has 0 aliphatic heterocycles. The second-order valence-corrected chi connectivity index (χ2v) is 9.39. The summed E-state index contributed by atoms with van der Waals surface area (Å²) in [6.07, 6.45) is 1.91. The predicted octanol–water partition coefficient (Wildman–Crippen LogP) is 3.29. The smallest absolute Gasteiger partial charge is 0.253 e. The number of para-hydroxylation sites is 1. The van der Waals surface area contributed by atoms with Crippen LogP contribution in [-0.2, 0) is 19.6 Å². The molecule has 0 aromatic heterocycles. The van der Waals surface area contributed by atoms with E-state index >= 15 is 0 Å². The zero-order valence-corrected chi connectivity index (χ0v) is 19.9. The number of halogens is 1. The first-order valence-corrected chi connectivity index (χ1v) is 12.3. The molecule has 0 saturated heterocycles. The molecule has 0 aliphatic carbocycles. The van der Waals surface area contributed by atoms with Crippen LogP contribution in [0.2, 0.25) is 5.02 Å². The lowest BCUT2D eigenvalue weighted by molar-refractivity contribution is -0.117. The SMILES string of the molecule is CC[C@@H](C(=O)Nc1ccccc1C(=O)NCCCOC)N(c1ccc(Cl)cc1)S(C)(=O)=O. The summed E-state index contributed by atoms with van der Waals surface area (Å²) in [5, 5.41) is 5.95. The van der Waals surface area contributed by atoms with E-state index < -0.39 is 22.0 Å². The van der Waals surface area contributed by atoms with Crippen LogP contribution < -0.4 is 14.9 Å². The summed E-state index contributed by atoms with van der Waals surface area (Å²) in [6, 6.07) is 11.7. The van der Waals surface area contributed by atoms with E-state index in [0.717, 1.165) is 10.6 Å². The zero-order valence-electron chi connectivity index (χ0n) is 18.3. The maximum Gasteiger partial charge on any atom is 0.253 e. The van der Waals surface area contributed by atoms with Crippen molar-refractivity contribution in [2.24, 2.45) is 0 Å². The number of anilines is 2. The van der Waals surface area contributed by atoms with Gasteiger partial charge in [-0.2, -0.15) is 0 Å². The highest BCUT2D eigenvalue weighted by Crippen LogP contribution is 2.25. The second kappa shape index (κ2) is 11.8. The van der Waals surface area contributed by atoms with Crippen molar-refractivity contribution in [3.8, 4) is 0 Å². The van der Waals surface area contributed by atoms with Crippen molar-refractivity contribution in [1.82, 2.24) is 5.32 Å². The number of rotatable bonds is 11. The summed E-state index contributed by atoms with van der Waals surface area (Å²) in [5.41, 5.74) is 0.901. The topological polar surface area (TPSA) is 105 Å². The summed E-state index contributed by atoms with van der Waals surface area (Å²) in [6.45, 7) is 2.65. The van der Waals surface area contributed by atoms with Crippen LogP contribution in [0.3, 0.4) is 0 Å². The minimum atomic E-state index is -3.79. The molecule has 2 rings (SSSR count). The van der Waals surface area contributed by atoms with Crippen LogP contribution in [0.5, 0.6) is 0 Å². The Labute approximate surface area is 193 Å². The molecule has 2 N–H and O–H groups in total. The minimum Gasteiger partial charge on any atom is -0.385 e. The number of sulfonamides is 1. The molecule has 0 unspecified atom stereocenters. The van der Waals surface area contributed by atoms with Gasteiger partial charge < -0.3 is 15.4 Å². The maximum absolute atomic E-state index is 13.2. The Hall–Kier alpha value is -2.62. The fourth-order valence-electron chi connectivity index (χ4n) is 3.17. The van der Waals surface area contributed by atoms with Crippen LogP contribution >= 0.6 is 11.6 Å². The number of amides is 2. The standard InChI is InChI=1S/C22H28ClN3O5S/c1-4-20(26(32(3,29)30)17-12-10-16(23)11-13-17)22(28)25-19-9-6-5-8-18(19)21(27)24-14-7-15-31-2/h5-6,8-13,20H,4,7,14-15H2,1-3H3,(H,24,27)(H,25,28)/t20-/m0/s1. The van der Waals surface area contributed by atoms with Gasteiger partial charge in [0, 0.05) is 25.3 Å². The zero-order chi connectivity index (χ0) is 23.7. The monoisotopic (exact) mass is 481 g/mol. The summed E-state index contributed by atoms with van der Waals surface area (Å²) in [5.74, 6) is -0.893. The van der Waals surface area contributed by atoms with Crippen molar-refractivity contribution in [2.45, 2.75) is 25.8 Å². The first-order valence-electron chi connectivity index (χ1n) is 10.1. The largest absolute Gasteiger partial charge is 0.385 e. The molecule has 2 amide bonds. The van der Waals surface area contributed by atoms with Gasteiger partial charge in [-0.1, -0.05) is 30.7 Å². The Morgan fingerprint density at radius 3 is 2.38 bits per heavy atom. The molecule has 2 aromatic rings. The third-order valence-corrected chi connectivity index (χ3v) is 6.08. The summed E-state index contributed by atoms with van der Waals surface area (Å²) in [7, 11) is -2.20. The Morgan fingerprint density at radius 1 is 1.12 bits per heavy atom. The van der Waals surface area contributed by atoms with Crippen LogP contribution in [0.15, 0.2) is 48.5 Å². The van der Waals surface area contributed by atoms with Crippen molar-refractivity contribution in [2.75, 3.05) is 36.1 Å². The third-order valence-electron chi connectivity index (χ3n) is 4.65. The van der Waals surface area contributed by atoms with Crippen molar-refractivity contribution in [3.63, 3.8) is 0 Å². The van der Waals surface area contributed by atoms with E-state index in [4.69, 9.17) is 16.3 Å². The Kier molecular flexibility index (Phi) is 9.49. The fourth-order valence-corrected chi connectivity index (χ4v) is 4.51. The average Bonchev–Trinajstić information content (AvgIpc) is 2.75. The Bertz CT molecular complexity index is 1030. The van der Waals surface area contributed by atoms with E-state index in [0.29, 0.717) is 36.0 Å². The molecule has 8 nitrogen and oxygen atoms in total. The number of nitrogens with one attached hydrogen (secondary N) is 2. The van der Waals surface area contributed by atoms with Crippen molar-refractivity contribution >= 4 is 44.8 Å². The number of benzene rings is 2. The third kappa shape index (κ3) is 6.94. The molecule has 0 fully saturated rings. The molecule has 2 aromatic carbocycles. The van der Waals surface area contributed by atoms with Crippen LogP contribution in [-0.4, -0.2) is 52.8 Å². The molecule has 0 aliphatic rings. The van der Waals surface area contributed by atoms with Gasteiger partial charge in [0.1, 0.15) is 6.04 Å². The number of methoxy groups -OCH3 is 1. The molecule has 1 atom stereocenters. The Balaban J connectivity index is 2.27. The number of carbonyl (C=O) groups is 2. The summed E-state index contributed by atoms with van der Waals surface area (Å²) < 4.78 is 31.1. The van der Waals surface area contributed by atoms with Crippen molar-refractivity contribution < 1.29 is 22.7 Å². The highest BCUT2D eigenvalue weighted by molar-refractivity contribution is 7.92. The van der Waals surface area contributed by atoms with Crippen LogP contribution in [0.1, 0.15) is 30.1 Å². The lowest BCUT2D eigenvalue weighted by Gasteiger charge is -2.30. The lowest BCUT2D eigenvalue weighted by atomic mass is 10.1. The van der Waals surface area contributed by atoms with Crippen LogP contribution in [0, 0.1) is 0 Å². The number of hydrogen-bond donors (Lipinski definition) is 2. The van der Waals surface area contributed by atoms with Crippen LogP contribution in [0.25, 0.3) is 0 Å². The summed E-state index contributed by atoms with van der Waals surface area (Å²) in [4.78, 5) is 25.7. The molecule has 0 saturated carbocycles. The van der Waals surface area contributed by atoms with Gasteiger partial charge in [0.25, 0.3) is 5.91 Å². The molecule has 0 heterocycles. The molecule has 174 valence electrons. The van der Waals surface area contributed by atoms with E-state index in [2.05, 4.69) is 10.6 Å². The van der Waals surface area contributed by atoms with Gasteiger partial charge in [0.05, 0.1) is 23.2 Å². The highest BCUT2D eigenvalue weighted by atomic mass is 35.5. The fraction of sp³-hybridized carbons (Fsp3) is 0.364. The van der Waals surface area contributed by atoms with Gasteiger partial charge in [-0.05, 0) is 49.2 Å². The maximum atomic E-state index is 13.2. The molecule has 10 heteroatoms. The Morgan fingerprint density at radius 2 is 1.78 bits per heavy atom. The molecule has 0 radical (unpaired) electrons. The number of carbonyl (C=O) groups excluding carboxylic acids is 2. The normalized spacial score (nSPS) is 12.1. The van der Waals surface area contributed by atoms with Gasteiger partial charge in [-0.15, -0.1) is 0 Å². The lowest BCUT2D eigenvalue weighted by Crippen LogP contribution is -2.47. The predicted molar refractivity (Wildman–Crippen MR) is 127 cm³/mol. The number of nitrogens with zero attached hydrogens (tertiary/aromatic N) is 1. The number of hydrogen-bond acceptors (Lipinski definition) is 5. The van der Waals surface area contributed by atoms with Gasteiger partial charge in [-0.3, -0.25) is 13.9 Å². The van der Waals surface area contributed by atoms with E-state index in [1.807, 2.05) is 0 Å². The quantitative estimate of drug-likeness (QED) is 0.479. The van der Waals surface area contributed by atoms with Crippen molar-refractivity contribution in [3.05, 3.63) is 59.1 Å². The minimum absolute atomic E-state index is 0.215. The number of ether oxygens (including phenoxy) is 1. The first kappa shape index (κ1) is 25.6. The highest BCUT2D eigenvalue weighted by Gasteiger charge is 2.32. The van der Waals surface area contributed by atoms with E-state index in [1.165, 1.54) is 0 Å².